The topological polar surface area (TPSA) is 75.7 Å². The summed E-state index contributed by atoms with van der Waals surface area (Å²) < 4.78 is 31.7. The van der Waals surface area contributed by atoms with E-state index >= 15 is 0 Å². The van der Waals surface area contributed by atoms with E-state index in [-0.39, 0.29) is 13.1 Å². The van der Waals surface area contributed by atoms with Gasteiger partial charge in [0, 0.05) is 13.1 Å². The number of hydrogen-bond donors (Lipinski definition) is 1. The molecule has 1 fully saturated rings. The molecule has 1 atom stereocenters. The first-order valence-electron chi connectivity index (χ1n) is 5.43. The maximum atomic E-state index is 11.8. The van der Waals surface area contributed by atoms with Crippen molar-refractivity contribution in [3.63, 3.8) is 0 Å². The number of hydrogen-bond acceptors (Lipinski definition) is 4. The van der Waals surface area contributed by atoms with Crippen LogP contribution in [0.3, 0.4) is 0 Å². The van der Waals surface area contributed by atoms with Crippen molar-refractivity contribution in [2.24, 2.45) is 0 Å². The molecule has 1 saturated heterocycles. The van der Waals surface area contributed by atoms with E-state index in [4.69, 9.17) is 0 Å². The Morgan fingerprint density at radius 2 is 2.11 bits per heavy atom. The lowest BCUT2D eigenvalue weighted by molar-refractivity contribution is -0.144. The Morgan fingerprint density at radius 1 is 1.44 bits per heavy atom. The van der Waals surface area contributed by atoms with Crippen molar-refractivity contribution in [1.82, 2.24) is 9.03 Å². The molecule has 0 bridgehead atoms. The number of nitrogens with one attached hydrogen (secondary N) is 1. The van der Waals surface area contributed by atoms with Crippen molar-refractivity contribution in [3.8, 4) is 0 Å². The predicted octanol–water partition coefficient (Wildman–Crippen LogP) is -0.122. The zero-order chi connectivity index (χ0) is 13.2. The summed E-state index contributed by atoms with van der Waals surface area (Å²) in [5.41, 5.74) is 0.818. The highest BCUT2D eigenvalue weighted by molar-refractivity contribution is 7.87. The molecule has 1 aliphatic rings. The zero-order valence-electron chi connectivity index (χ0n) is 9.87. The average molecular weight is 270 g/mol. The highest BCUT2D eigenvalue weighted by atomic mass is 32.2. The summed E-state index contributed by atoms with van der Waals surface area (Å²) in [6.07, 6.45) is 0. The van der Waals surface area contributed by atoms with Crippen molar-refractivity contribution >= 4 is 16.2 Å². The molecular weight excluding hydrogens is 256 g/mol. The Kier molecular flexibility index (Phi) is 3.65. The molecule has 1 aromatic carbocycles. The standard InChI is InChI=1S/C11H14N2O4S/c1-17-11(14)10-7-12-18(15,16)13(10)8-9-5-3-2-4-6-9/h2-6,10,12H,7-8H2,1H3/t10-/m0/s1. The first kappa shape index (κ1) is 13.0. The summed E-state index contributed by atoms with van der Waals surface area (Å²) in [7, 11) is -2.36. The summed E-state index contributed by atoms with van der Waals surface area (Å²) in [6, 6.07) is 8.29. The highest BCUT2D eigenvalue weighted by Gasteiger charge is 2.41. The minimum atomic E-state index is -3.61. The number of carbonyl (C=O) groups excluding carboxylic acids is 1. The summed E-state index contributed by atoms with van der Waals surface area (Å²) in [5, 5.41) is 0. The van der Waals surface area contributed by atoms with Gasteiger partial charge in [-0.3, -0.25) is 4.79 Å². The number of benzene rings is 1. The lowest BCUT2D eigenvalue weighted by atomic mass is 10.2. The molecule has 0 aromatic heterocycles. The molecule has 0 radical (unpaired) electrons. The van der Waals surface area contributed by atoms with Crippen LogP contribution in [-0.2, 0) is 26.3 Å². The van der Waals surface area contributed by atoms with Crippen molar-refractivity contribution in [2.45, 2.75) is 12.6 Å². The molecule has 0 saturated carbocycles. The van der Waals surface area contributed by atoms with Crippen LogP contribution in [0.4, 0.5) is 0 Å². The first-order valence-corrected chi connectivity index (χ1v) is 6.87. The van der Waals surface area contributed by atoms with E-state index in [9.17, 15) is 13.2 Å². The molecule has 0 amide bonds. The second kappa shape index (κ2) is 5.05. The van der Waals surface area contributed by atoms with Gasteiger partial charge >= 0.3 is 5.97 Å². The first-order chi connectivity index (χ1) is 8.54. The SMILES string of the molecule is COC(=O)[C@@H]1CNS(=O)(=O)N1Cc1ccccc1. The maximum absolute atomic E-state index is 11.8. The summed E-state index contributed by atoms with van der Waals surface area (Å²) in [5.74, 6) is -0.556. The minimum Gasteiger partial charge on any atom is -0.468 e. The number of rotatable bonds is 3. The minimum absolute atomic E-state index is 0.0435. The molecule has 6 nitrogen and oxygen atoms in total. The molecule has 0 unspecified atom stereocenters. The predicted molar refractivity (Wildman–Crippen MR) is 64.7 cm³/mol. The molecule has 0 aliphatic carbocycles. The van der Waals surface area contributed by atoms with Crippen molar-refractivity contribution in [3.05, 3.63) is 35.9 Å². The summed E-state index contributed by atoms with van der Waals surface area (Å²) in [4.78, 5) is 11.5. The number of esters is 1. The Hall–Kier alpha value is -1.44. The van der Waals surface area contributed by atoms with E-state index in [1.807, 2.05) is 30.3 Å². The Labute approximate surface area is 106 Å². The van der Waals surface area contributed by atoms with E-state index in [0.29, 0.717) is 0 Å². The number of methoxy groups -OCH3 is 1. The number of ether oxygens (including phenoxy) is 1. The fraction of sp³-hybridized carbons (Fsp3) is 0.364. The lowest BCUT2D eigenvalue weighted by Crippen LogP contribution is -2.40. The molecule has 7 heteroatoms. The van der Waals surface area contributed by atoms with E-state index in [2.05, 4.69) is 9.46 Å². The van der Waals surface area contributed by atoms with E-state index in [0.717, 1.165) is 9.87 Å². The van der Waals surface area contributed by atoms with Gasteiger partial charge in [0.05, 0.1) is 7.11 Å². The highest BCUT2D eigenvalue weighted by Crippen LogP contribution is 2.18. The van der Waals surface area contributed by atoms with Gasteiger partial charge in [0.2, 0.25) is 0 Å². The number of nitrogens with zero attached hydrogens (tertiary/aromatic N) is 1. The molecule has 1 aliphatic heterocycles. The fourth-order valence-corrected chi connectivity index (χ4v) is 3.18. The fourth-order valence-electron chi connectivity index (χ4n) is 1.83. The molecule has 1 N–H and O–H groups in total. The van der Waals surface area contributed by atoms with Crippen LogP contribution in [0.5, 0.6) is 0 Å². The van der Waals surface area contributed by atoms with Gasteiger partial charge in [-0.05, 0) is 5.56 Å². The largest absolute Gasteiger partial charge is 0.468 e. The third kappa shape index (κ3) is 2.53. The third-order valence-electron chi connectivity index (χ3n) is 2.77. The smallest absolute Gasteiger partial charge is 0.325 e. The van der Waals surface area contributed by atoms with Crippen LogP contribution in [0.15, 0.2) is 30.3 Å². The average Bonchev–Trinajstić information content (AvgIpc) is 2.66. The van der Waals surface area contributed by atoms with Gasteiger partial charge in [0.1, 0.15) is 6.04 Å². The van der Waals surface area contributed by atoms with Crippen LogP contribution >= 0.6 is 0 Å². The summed E-state index contributed by atoms with van der Waals surface area (Å²) >= 11 is 0. The van der Waals surface area contributed by atoms with E-state index in [1.54, 1.807) is 0 Å². The quantitative estimate of drug-likeness (QED) is 0.777. The summed E-state index contributed by atoms with van der Waals surface area (Å²) in [6.45, 7) is 0.192. The van der Waals surface area contributed by atoms with Crippen molar-refractivity contribution in [1.29, 1.82) is 0 Å². The van der Waals surface area contributed by atoms with Crippen molar-refractivity contribution < 1.29 is 17.9 Å². The molecule has 1 heterocycles. The van der Waals surface area contributed by atoms with Gasteiger partial charge in [-0.1, -0.05) is 30.3 Å². The molecule has 2 rings (SSSR count). The normalized spacial score (nSPS) is 22.8. The van der Waals surface area contributed by atoms with Crippen LogP contribution in [0, 0.1) is 0 Å². The van der Waals surface area contributed by atoms with Gasteiger partial charge < -0.3 is 4.74 Å². The second-order valence-electron chi connectivity index (χ2n) is 3.92. The van der Waals surface area contributed by atoms with Crippen LogP contribution in [0.1, 0.15) is 5.56 Å². The Balaban J connectivity index is 2.24. The molecular formula is C11H14N2O4S. The molecule has 98 valence electrons. The number of carbonyl (C=O) groups is 1. The zero-order valence-corrected chi connectivity index (χ0v) is 10.7. The Morgan fingerprint density at radius 3 is 2.72 bits per heavy atom. The maximum Gasteiger partial charge on any atom is 0.325 e. The van der Waals surface area contributed by atoms with Gasteiger partial charge in [0.25, 0.3) is 10.2 Å². The van der Waals surface area contributed by atoms with Gasteiger partial charge in [-0.2, -0.15) is 17.4 Å². The van der Waals surface area contributed by atoms with Crippen LogP contribution in [0.25, 0.3) is 0 Å². The van der Waals surface area contributed by atoms with Crippen LogP contribution < -0.4 is 4.72 Å². The second-order valence-corrected chi connectivity index (χ2v) is 5.63. The van der Waals surface area contributed by atoms with Crippen LogP contribution in [0.2, 0.25) is 0 Å². The van der Waals surface area contributed by atoms with Gasteiger partial charge in [0.15, 0.2) is 0 Å². The third-order valence-corrected chi connectivity index (χ3v) is 4.30. The monoisotopic (exact) mass is 270 g/mol. The molecule has 18 heavy (non-hydrogen) atoms. The Bertz CT molecular complexity index is 529. The van der Waals surface area contributed by atoms with Gasteiger partial charge in [-0.25, -0.2) is 0 Å². The lowest BCUT2D eigenvalue weighted by Gasteiger charge is -2.19. The molecule has 0 spiro atoms. The van der Waals surface area contributed by atoms with E-state index < -0.39 is 22.2 Å². The van der Waals surface area contributed by atoms with Crippen LogP contribution in [-0.4, -0.2) is 38.4 Å². The van der Waals surface area contributed by atoms with E-state index in [1.165, 1.54) is 7.11 Å². The molecule has 1 aromatic rings. The van der Waals surface area contributed by atoms with Crippen molar-refractivity contribution in [2.75, 3.05) is 13.7 Å². The van der Waals surface area contributed by atoms with Gasteiger partial charge in [-0.15, -0.1) is 0 Å².